The molecule has 0 spiro atoms. The summed E-state index contributed by atoms with van der Waals surface area (Å²) < 4.78 is 0. The van der Waals surface area contributed by atoms with Crippen LogP contribution in [0.1, 0.15) is 5.56 Å². The van der Waals surface area contributed by atoms with Crippen molar-refractivity contribution in [1.29, 1.82) is 0 Å². The van der Waals surface area contributed by atoms with Gasteiger partial charge in [-0.25, -0.2) is 0 Å². The zero-order valence-electron chi connectivity index (χ0n) is 9.60. The molecule has 0 saturated carbocycles. The van der Waals surface area contributed by atoms with Gasteiger partial charge < -0.3 is 10.6 Å². The number of anilines is 2. The molecule has 0 fully saturated rings. The third-order valence-corrected chi connectivity index (χ3v) is 2.55. The minimum Gasteiger partial charge on any atom is -0.332 e. The quantitative estimate of drug-likeness (QED) is 0.783. The SMILES string of the molecule is Cc1ccc(NC(=S)Nc2ccccc2)cc1. The van der Waals surface area contributed by atoms with Crippen LogP contribution in [0.15, 0.2) is 54.6 Å². The Morgan fingerprint density at radius 1 is 0.824 bits per heavy atom. The van der Waals surface area contributed by atoms with E-state index in [1.807, 2.05) is 54.6 Å². The summed E-state index contributed by atoms with van der Waals surface area (Å²) in [6, 6.07) is 18.0. The summed E-state index contributed by atoms with van der Waals surface area (Å²) in [4.78, 5) is 0. The summed E-state index contributed by atoms with van der Waals surface area (Å²) in [6.07, 6.45) is 0. The monoisotopic (exact) mass is 242 g/mol. The van der Waals surface area contributed by atoms with Gasteiger partial charge in [0.05, 0.1) is 0 Å². The van der Waals surface area contributed by atoms with Gasteiger partial charge in [-0.05, 0) is 43.4 Å². The molecular formula is C14H14N2S. The Balaban J connectivity index is 1.96. The highest BCUT2D eigenvalue weighted by atomic mass is 32.1. The molecule has 0 aliphatic heterocycles. The lowest BCUT2D eigenvalue weighted by Crippen LogP contribution is -2.18. The summed E-state index contributed by atoms with van der Waals surface area (Å²) in [7, 11) is 0. The number of nitrogens with one attached hydrogen (secondary N) is 2. The molecule has 2 aromatic carbocycles. The van der Waals surface area contributed by atoms with Gasteiger partial charge >= 0.3 is 0 Å². The maximum absolute atomic E-state index is 5.23. The van der Waals surface area contributed by atoms with E-state index in [0.29, 0.717) is 5.11 Å². The van der Waals surface area contributed by atoms with Crippen molar-refractivity contribution in [2.75, 3.05) is 10.6 Å². The highest BCUT2D eigenvalue weighted by molar-refractivity contribution is 7.80. The first kappa shape index (κ1) is 11.6. The van der Waals surface area contributed by atoms with E-state index in [-0.39, 0.29) is 0 Å². The van der Waals surface area contributed by atoms with Gasteiger partial charge in [0, 0.05) is 11.4 Å². The molecule has 2 nitrogen and oxygen atoms in total. The zero-order chi connectivity index (χ0) is 12.1. The number of aryl methyl sites for hydroxylation is 1. The Hall–Kier alpha value is -1.87. The van der Waals surface area contributed by atoms with Gasteiger partial charge in [0.2, 0.25) is 0 Å². The number of hydrogen-bond acceptors (Lipinski definition) is 1. The summed E-state index contributed by atoms with van der Waals surface area (Å²) in [5.74, 6) is 0. The van der Waals surface area contributed by atoms with Crippen LogP contribution in [0.3, 0.4) is 0 Å². The van der Waals surface area contributed by atoms with E-state index >= 15 is 0 Å². The van der Waals surface area contributed by atoms with Crippen molar-refractivity contribution in [2.24, 2.45) is 0 Å². The maximum Gasteiger partial charge on any atom is 0.175 e. The molecule has 3 heteroatoms. The Morgan fingerprint density at radius 3 is 1.94 bits per heavy atom. The van der Waals surface area contributed by atoms with E-state index < -0.39 is 0 Å². The number of benzene rings is 2. The molecule has 2 aromatic rings. The van der Waals surface area contributed by atoms with Crippen LogP contribution in [-0.2, 0) is 0 Å². The van der Waals surface area contributed by atoms with E-state index in [2.05, 4.69) is 17.6 Å². The van der Waals surface area contributed by atoms with Crippen LogP contribution in [0.25, 0.3) is 0 Å². The van der Waals surface area contributed by atoms with Crippen LogP contribution in [0.5, 0.6) is 0 Å². The fraction of sp³-hybridized carbons (Fsp3) is 0.0714. The van der Waals surface area contributed by atoms with E-state index in [1.165, 1.54) is 5.56 Å². The van der Waals surface area contributed by atoms with Gasteiger partial charge in [-0.15, -0.1) is 0 Å². The van der Waals surface area contributed by atoms with Crippen LogP contribution in [0.2, 0.25) is 0 Å². The summed E-state index contributed by atoms with van der Waals surface area (Å²) >= 11 is 5.23. The molecule has 0 atom stereocenters. The molecular weight excluding hydrogens is 228 g/mol. The normalized spacial score (nSPS) is 9.71. The van der Waals surface area contributed by atoms with Gasteiger partial charge in [0.1, 0.15) is 0 Å². The van der Waals surface area contributed by atoms with Gasteiger partial charge in [0.15, 0.2) is 5.11 Å². The minimum absolute atomic E-state index is 0.597. The molecule has 0 bridgehead atoms. The van der Waals surface area contributed by atoms with E-state index in [0.717, 1.165) is 11.4 Å². The maximum atomic E-state index is 5.23. The second-order valence-electron chi connectivity index (χ2n) is 3.81. The summed E-state index contributed by atoms with van der Waals surface area (Å²) in [5.41, 5.74) is 3.21. The Labute approximate surface area is 107 Å². The highest BCUT2D eigenvalue weighted by Crippen LogP contribution is 2.10. The molecule has 0 unspecified atom stereocenters. The number of para-hydroxylation sites is 1. The first-order valence-electron chi connectivity index (χ1n) is 5.44. The topological polar surface area (TPSA) is 24.1 Å². The van der Waals surface area contributed by atoms with Gasteiger partial charge in [-0.1, -0.05) is 35.9 Å². The van der Waals surface area contributed by atoms with Crippen LogP contribution in [0.4, 0.5) is 11.4 Å². The van der Waals surface area contributed by atoms with E-state index in [4.69, 9.17) is 12.2 Å². The molecule has 0 aliphatic carbocycles. The summed E-state index contributed by atoms with van der Waals surface area (Å²) in [6.45, 7) is 2.06. The lowest BCUT2D eigenvalue weighted by atomic mass is 10.2. The largest absolute Gasteiger partial charge is 0.332 e. The average Bonchev–Trinajstić information content (AvgIpc) is 2.33. The standard InChI is InChI=1S/C14H14N2S/c1-11-7-9-13(10-8-11)16-14(17)15-12-5-3-2-4-6-12/h2-10H,1H3,(H2,15,16,17). The molecule has 0 amide bonds. The fourth-order valence-electron chi connectivity index (χ4n) is 1.45. The number of thiocarbonyl (C=S) groups is 1. The van der Waals surface area contributed by atoms with Crippen molar-refractivity contribution in [2.45, 2.75) is 6.92 Å². The first-order valence-corrected chi connectivity index (χ1v) is 5.84. The van der Waals surface area contributed by atoms with Gasteiger partial charge in [-0.3, -0.25) is 0 Å². The van der Waals surface area contributed by atoms with Crippen molar-refractivity contribution in [3.05, 3.63) is 60.2 Å². The molecule has 0 heterocycles. The second kappa shape index (κ2) is 5.46. The minimum atomic E-state index is 0.597. The Kier molecular flexibility index (Phi) is 3.73. The zero-order valence-corrected chi connectivity index (χ0v) is 10.4. The lowest BCUT2D eigenvalue weighted by Gasteiger charge is -2.10. The van der Waals surface area contributed by atoms with Gasteiger partial charge in [-0.2, -0.15) is 0 Å². The lowest BCUT2D eigenvalue weighted by molar-refractivity contribution is 1.47. The molecule has 0 aromatic heterocycles. The third-order valence-electron chi connectivity index (χ3n) is 2.34. The van der Waals surface area contributed by atoms with Crippen LogP contribution in [-0.4, -0.2) is 5.11 Å². The van der Waals surface area contributed by atoms with Crippen molar-refractivity contribution in [3.8, 4) is 0 Å². The van der Waals surface area contributed by atoms with Crippen LogP contribution in [0, 0.1) is 6.92 Å². The molecule has 0 aliphatic rings. The number of hydrogen-bond donors (Lipinski definition) is 2. The van der Waals surface area contributed by atoms with Crippen molar-refractivity contribution in [1.82, 2.24) is 0 Å². The molecule has 17 heavy (non-hydrogen) atoms. The average molecular weight is 242 g/mol. The predicted octanol–water partition coefficient (Wildman–Crippen LogP) is 3.80. The molecule has 2 rings (SSSR count). The second-order valence-corrected chi connectivity index (χ2v) is 4.22. The Morgan fingerprint density at radius 2 is 1.35 bits per heavy atom. The van der Waals surface area contributed by atoms with Crippen molar-refractivity contribution in [3.63, 3.8) is 0 Å². The molecule has 0 saturated heterocycles. The third kappa shape index (κ3) is 3.57. The van der Waals surface area contributed by atoms with Crippen molar-refractivity contribution < 1.29 is 0 Å². The molecule has 0 radical (unpaired) electrons. The Bertz CT molecular complexity index is 491. The fourth-order valence-corrected chi connectivity index (χ4v) is 1.69. The highest BCUT2D eigenvalue weighted by Gasteiger charge is 1.97. The summed E-state index contributed by atoms with van der Waals surface area (Å²) in [5, 5.41) is 6.86. The molecule has 2 N–H and O–H groups in total. The van der Waals surface area contributed by atoms with Crippen LogP contribution < -0.4 is 10.6 Å². The van der Waals surface area contributed by atoms with Crippen LogP contribution >= 0.6 is 12.2 Å². The first-order chi connectivity index (χ1) is 8.24. The van der Waals surface area contributed by atoms with E-state index in [9.17, 15) is 0 Å². The number of rotatable bonds is 2. The smallest absolute Gasteiger partial charge is 0.175 e. The van der Waals surface area contributed by atoms with Gasteiger partial charge in [0.25, 0.3) is 0 Å². The molecule has 86 valence electrons. The van der Waals surface area contributed by atoms with Crippen molar-refractivity contribution >= 4 is 28.7 Å². The van der Waals surface area contributed by atoms with E-state index in [1.54, 1.807) is 0 Å². The predicted molar refractivity (Wildman–Crippen MR) is 77.5 cm³/mol.